The first-order valence-electron chi connectivity index (χ1n) is 9.81. The predicted octanol–water partition coefficient (Wildman–Crippen LogP) is 3.37. The van der Waals surface area contributed by atoms with Gasteiger partial charge in [0.2, 0.25) is 5.91 Å². The Kier molecular flexibility index (Phi) is 6.15. The Labute approximate surface area is 166 Å². The molecular formula is C23H28N2O3. The molecule has 3 atom stereocenters. The van der Waals surface area contributed by atoms with E-state index in [0.29, 0.717) is 19.0 Å². The fraction of sp³-hybridized carbons (Fsp3) is 0.391. The zero-order chi connectivity index (χ0) is 20.3. The Morgan fingerprint density at radius 3 is 2.25 bits per heavy atom. The Hall–Kier alpha value is -2.66. The number of carbonyl (C=O) groups excluding carboxylic acids is 2. The third-order valence-corrected chi connectivity index (χ3v) is 5.46. The fourth-order valence-electron chi connectivity index (χ4n) is 3.83. The van der Waals surface area contributed by atoms with Gasteiger partial charge in [-0.05, 0) is 29.2 Å². The molecule has 148 valence electrons. The summed E-state index contributed by atoms with van der Waals surface area (Å²) in [5, 5.41) is 0. The zero-order valence-electron chi connectivity index (χ0n) is 16.7. The van der Waals surface area contributed by atoms with Crippen molar-refractivity contribution >= 4 is 11.9 Å². The van der Waals surface area contributed by atoms with Crippen molar-refractivity contribution in [1.82, 2.24) is 4.90 Å². The third-order valence-electron chi connectivity index (χ3n) is 5.46. The van der Waals surface area contributed by atoms with E-state index in [0.717, 1.165) is 11.1 Å². The number of hydrogen-bond donors (Lipinski definition) is 1. The van der Waals surface area contributed by atoms with Gasteiger partial charge in [0.05, 0.1) is 5.92 Å². The SMILES string of the molecule is CCN1C[C@H](c2ccccc2)OC(=O)C1C(C(N)=O)c1ccc(C(C)C)cc1. The summed E-state index contributed by atoms with van der Waals surface area (Å²) in [4.78, 5) is 27.3. The van der Waals surface area contributed by atoms with Gasteiger partial charge in [0.15, 0.2) is 0 Å². The second kappa shape index (κ2) is 8.57. The van der Waals surface area contributed by atoms with Crippen molar-refractivity contribution in [3.05, 3.63) is 71.3 Å². The van der Waals surface area contributed by atoms with Gasteiger partial charge in [-0.25, -0.2) is 0 Å². The summed E-state index contributed by atoms with van der Waals surface area (Å²) in [6.45, 7) is 7.36. The normalized spacial score (nSPS) is 21.4. The lowest BCUT2D eigenvalue weighted by molar-refractivity contribution is -0.169. The molecule has 1 aliphatic heterocycles. The van der Waals surface area contributed by atoms with Crippen molar-refractivity contribution in [1.29, 1.82) is 0 Å². The van der Waals surface area contributed by atoms with Gasteiger partial charge in [-0.15, -0.1) is 0 Å². The number of morpholine rings is 1. The van der Waals surface area contributed by atoms with Crippen molar-refractivity contribution < 1.29 is 14.3 Å². The molecule has 1 heterocycles. The highest BCUT2D eigenvalue weighted by Gasteiger charge is 2.44. The van der Waals surface area contributed by atoms with Gasteiger partial charge in [-0.2, -0.15) is 0 Å². The molecule has 0 saturated carbocycles. The maximum atomic E-state index is 13.0. The van der Waals surface area contributed by atoms with Crippen LogP contribution in [0.2, 0.25) is 0 Å². The fourth-order valence-corrected chi connectivity index (χ4v) is 3.83. The molecule has 0 aromatic heterocycles. The number of rotatable bonds is 6. The summed E-state index contributed by atoms with van der Waals surface area (Å²) in [5.41, 5.74) is 8.62. The maximum absolute atomic E-state index is 13.0. The number of carbonyl (C=O) groups is 2. The van der Waals surface area contributed by atoms with E-state index in [9.17, 15) is 9.59 Å². The number of primary amides is 1. The van der Waals surface area contributed by atoms with E-state index in [1.807, 2.05) is 66.4 Å². The number of cyclic esters (lactones) is 1. The molecule has 1 amide bonds. The molecule has 2 unspecified atom stereocenters. The van der Waals surface area contributed by atoms with Crippen LogP contribution in [-0.4, -0.2) is 35.9 Å². The number of nitrogens with zero attached hydrogens (tertiary/aromatic N) is 1. The summed E-state index contributed by atoms with van der Waals surface area (Å²) >= 11 is 0. The average molecular weight is 380 g/mol. The highest BCUT2D eigenvalue weighted by atomic mass is 16.5. The summed E-state index contributed by atoms with van der Waals surface area (Å²) in [6, 6.07) is 16.7. The Morgan fingerprint density at radius 2 is 1.71 bits per heavy atom. The molecule has 5 nitrogen and oxygen atoms in total. The van der Waals surface area contributed by atoms with Crippen LogP contribution in [0, 0.1) is 0 Å². The molecule has 2 N–H and O–H groups in total. The molecule has 0 aliphatic carbocycles. The first-order valence-corrected chi connectivity index (χ1v) is 9.81. The van der Waals surface area contributed by atoms with Gasteiger partial charge in [0.1, 0.15) is 12.1 Å². The van der Waals surface area contributed by atoms with Crippen LogP contribution < -0.4 is 5.73 Å². The molecule has 2 aromatic carbocycles. The summed E-state index contributed by atoms with van der Waals surface area (Å²) < 4.78 is 5.74. The van der Waals surface area contributed by atoms with Crippen molar-refractivity contribution in [2.75, 3.05) is 13.1 Å². The van der Waals surface area contributed by atoms with Crippen LogP contribution >= 0.6 is 0 Å². The molecule has 1 saturated heterocycles. The molecule has 1 aliphatic rings. The van der Waals surface area contributed by atoms with Crippen molar-refractivity contribution in [2.24, 2.45) is 5.73 Å². The Morgan fingerprint density at radius 1 is 1.11 bits per heavy atom. The number of hydrogen-bond acceptors (Lipinski definition) is 4. The Balaban J connectivity index is 1.90. The van der Waals surface area contributed by atoms with Crippen molar-refractivity contribution in [3.63, 3.8) is 0 Å². The van der Waals surface area contributed by atoms with Crippen molar-refractivity contribution in [3.8, 4) is 0 Å². The molecule has 5 heteroatoms. The minimum Gasteiger partial charge on any atom is -0.455 e. The van der Waals surface area contributed by atoms with Gasteiger partial charge < -0.3 is 10.5 Å². The number of amides is 1. The molecule has 28 heavy (non-hydrogen) atoms. The number of benzene rings is 2. The van der Waals surface area contributed by atoms with Crippen LogP contribution in [0.3, 0.4) is 0 Å². The minimum atomic E-state index is -0.745. The van der Waals surface area contributed by atoms with Crippen LogP contribution in [0.5, 0.6) is 0 Å². The molecule has 0 radical (unpaired) electrons. The zero-order valence-corrected chi connectivity index (χ0v) is 16.7. The molecule has 1 fully saturated rings. The number of esters is 1. The molecule has 0 bridgehead atoms. The van der Waals surface area contributed by atoms with Gasteiger partial charge >= 0.3 is 5.97 Å². The van der Waals surface area contributed by atoms with E-state index in [4.69, 9.17) is 10.5 Å². The third kappa shape index (κ3) is 4.09. The lowest BCUT2D eigenvalue weighted by atomic mass is 9.87. The van der Waals surface area contributed by atoms with Crippen molar-refractivity contribution in [2.45, 2.75) is 44.8 Å². The molecule has 3 rings (SSSR count). The summed E-state index contributed by atoms with van der Waals surface area (Å²) in [6.07, 6.45) is -0.346. The summed E-state index contributed by atoms with van der Waals surface area (Å²) in [5.74, 6) is -1.28. The monoisotopic (exact) mass is 380 g/mol. The van der Waals surface area contributed by atoms with E-state index in [1.165, 1.54) is 5.56 Å². The van der Waals surface area contributed by atoms with Crippen LogP contribution in [0.4, 0.5) is 0 Å². The molecule has 2 aromatic rings. The van der Waals surface area contributed by atoms with Gasteiger partial charge in [0.25, 0.3) is 0 Å². The predicted molar refractivity (Wildman–Crippen MR) is 109 cm³/mol. The van der Waals surface area contributed by atoms with Crippen LogP contribution in [0.25, 0.3) is 0 Å². The summed E-state index contributed by atoms with van der Waals surface area (Å²) in [7, 11) is 0. The standard InChI is InChI=1S/C23H28N2O3/c1-4-25-14-19(17-8-6-5-7-9-17)28-23(27)21(25)20(22(24)26)18-12-10-16(11-13-18)15(2)3/h5-13,15,19-21H,4,14H2,1-3H3,(H2,24,26)/t19-,20?,21?/m1/s1. The second-order valence-electron chi connectivity index (χ2n) is 7.57. The smallest absolute Gasteiger partial charge is 0.325 e. The number of nitrogens with two attached hydrogens (primary N) is 1. The van der Waals surface area contributed by atoms with Gasteiger partial charge in [-0.1, -0.05) is 75.4 Å². The topological polar surface area (TPSA) is 72.6 Å². The van der Waals surface area contributed by atoms with Gasteiger partial charge in [0, 0.05) is 6.54 Å². The highest BCUT2D eigenvalue weighted by molar-refractivity contribution is 5.91. The van der Waals surface area contributed by atoms with Crippen LogP contribution in [-0.2, 0) is 14.3 Å². The number of ether oxygens (including phenoxy) is 1. The Bertz CT molecular complexity index is 818. The van der Waals surface area contributed by atoms with Crippen LogP contribution in [0.15, 0.2) is 54.6 Å². The maximum Gasteiger partial charge on any atom is 0.325 e. The number of likely N-dealkylation sites (N-methyl/N-ethyl adjacent to an activating group) is 1. The van der Waals surface area contributed by atoms with E-state index in [1.54, 1.807) is 0 Å². The lowest BCUT2D eigenvalue weighted by Gasteiger charge is -2.40. The highest BCUT2D eigenvalue weighted by Crippen LogP contribution is 2.33. The first kappa shape index (κ1) is 20.1. The minimum absolute atomic E-state index is 0.346. The second-order valence-corrected chi connectivity index (χ2v) is 7.57. The molecule has 0 spiro atoms. The van der Waals surface area contributed by atoms with E-state index in [2.05, 4.69) is 13.8 Å². The average Bonchev–Trinajstić information content (AvgIpc) is 2.70. The molecular weight excluding hydrogens is 352 g/mol. The van der Waals surface area contributed by atoms with E-state index >= 15 is 0 Å². The largest absolute Gasteiger partial charge is 0.455 e. The quantitative estimate of drug-likeness (QED) is 0.780. The lowest BCUT2D eigenvalue weighted by Crippen LogP contribution is -2.55. The van der Waals surface area contributed by atoms with Crippen LogP contribution in [0.1, 0.15) is 55.4 Å². The van der Waals surface area contributed by atoms with E-state index < -0.39 is 23.8 Å². The van der Waals surface area contributed by atoms with E-state index in [-0.39, 0.29) is 6.10 Å². The first-order chi connectivity index (χ1) is 13.4. The van der Waals surface area contributed by atoms with Gasteiger partial charge in [-0.3, -0.25) is 14.5 Å².